The zero-order valence-corrected chi connectivity index (χ0v) is 38.0. The molecule has 0 N–H and O–H groups in total. The van der Waals surface area contributed by atoms with E-state index >= 15 is 0 Å². The Balaban J connectivity index is 0.00000101. The normalized spacial score (nSPS) is 9.26. The number of hydrogen-bond donors (Lipinski definition) is 0. The summed E-state index contributed by atoms with van der Waals surface area (Å²) in [5.74, 6) is 1.16. The Hall–Kier alpha value is -4.86. The summed E-state index contributed by atoms with van der Waals surface area (Å²) >= 11 is 0. The summed E-state index contributed by atoms with van der Waals surface area (Å²) in [7, 11) is 0. The summed E-state index contributed by atoms with van der Waals surface area (Å²) in [5.41, 5.74) is 7.86. The molecule has 0 radical (unpaired) electrons. The molecular weight excluding hydrogens is 852 g/mol. The van der Waals surface area contributed by atoms with E-state index in [0.717, 1.165) is 37.6 Å². The third kappa shape index (κ3) is 16.3. The Morgan fingerprint density at radius 2 is 0.684 bits per heavy atom. The van der Waals surface area contributed by atoms with Gasteiger partial charge >= 0.3 is 30.9 Å². The molecule has 57 heavy (non-hydrogen) atoms. The summed E-state index contributed by atoms with van der Waals surface area (Å²) in [6.07, 6.45) is 0. The van der Waals surface area contributed by atoms with E-state index in [1.807, 2.05) is 62.4 Å². The number of hydrogen-bond acceptors (Lipinski definition) is 6. The van der Waals surface area contributed by atoms with Crippen LogP contribution in [0.1, 0.15) is 36.1 Å². The van der Waals surface area contributed by atoms with Gasteiger partial charge in [0.25, 0.3) is 0 Å². The smallest absolute Gasteiger partial charge is 1.00 e. The molecule has 8 nitrogen and oxygen atoms in total. The second-order valence-corrected chi connectivity index (χ2v) is 12.0. The Bertz CT molecular complexity index is 1840. The van der Waals surface area contributed by atoms with Crippen molar-refractivity contribution in [3.63, 3.8) is 0 Å². The van der Waals surface area contributed by atoms with E-state index in [1.165, 1.54) is 22.3 Å². The number of ether oxygens (including phenoxy) is 2. The summed E-state index contributed by atoms with van der Waals surface area (Å²) < 4.78 is 11.3. The number of anilines is 2. The van der Waals surface area contributed by atoms with Crippen molar-refractivity contribution >= 4 is 22.7 Å². The molecular formula is C44H44Cl4N6O2Zn. The molecule has 0 aromatic heterocycles. The quantitative estimate of drug-likeness (QED) is 0.109. The number of benzene rings is 6. The monoisotopic (exact) mass is 892 g/mol. The summed E-state index contributed by atoms with van der Waals surface area (Å²) in [4.78, 5) is 11.2. The van der Waals surface area contributed by atoms with Crippen LogP contribution in [0.15, 0.2) is 158 Å². The number of nitrogens with zero attached hydrogens (tertiary/aromatic N) is 6. The Morgan fingerprint density at radius 3 is 0.912 bits per heavy atom. The van der Waals surface area contributed by atoms with E-state index in [-0.39, 0.29) is 69.1 Å². The molecule has 0 heterocycles. The molecule has 0 unspecified atom stereocenters. The second kappa shape index (κ2) is 28.5. The SMILES string of the molecule is CCOc1cc(N(Cc2ccccc2)Cc2ccccc2)ccc1[N+]#N.CCOc1cc(N(Cc2ccccc2)Cc2ccccc2)ccc1[N+]#N.[Cl-].[Cl-].[Cl-].[Cl-].[Zn+2]. The predicted molar refractivity (Wildman–Crippen MR) is 210 cm³/mol. The van der Waals surface area contributed by atoms with E-state index in [4.69, 9.17) is 9.47 Å². The molecule has 0 saturated heterocycles. The van der Waals surface area contributed by atoms with Crippen molar-refractivity contribution in [2.75, 3.05) is 23.0 Å². The van der Waals surface area contributed by atoms with Gasteiger partial charge in [-0.25, -0.2) is 0 Å². The van der Waals surface area contributed by atoms with Crippen LogP contribution in [0, 0.1) is 10.8 Å². The van der Waals surface area contributed by atoms with Gasteiger partial charge in [0.05, 0.1) is 13.2 Å². The van der Waals surface area contributed by atoms with Crippen LogP contribution >= 0.6 is 0 Å². The van der Waals surface area contributed by atoms with Crippen LogP contribution < -0.4 is 68.9 Å². The molecule has 0 spiro atoms. The molecule has 0 saturated carbocycles. The van der Waals surface area contributed by atoms with Crippen molar-refractivity contribution in [1.29, 1.82) is 10.8 Å². The predicted octanol–water partition coefficient (Wildman–Crippen LogP) is -0.433. The van der Waals surface area contributed by atoms with Crippen molar-refractivity contribution in [3.8, 4) is 11.5 Å². The third-order valence-corrected chi connectivity index (χ3v) is 8.30. The topological polar surface area (TPSA) is 81.2 Å². The number of halogens is 4. The van der Waals surface area contributed by atoms with E-state index < -0.39 is 0 Å². The minimum Gasteiger partial charge on any atom is -1.00 e. The van der Waals surface area contributed by atoms with Gasteiger partial charge in [-0.05, 0) is 48.2 Å². The molecule has 0 fully saturated rings. The first kappa shape index (κ1) is 52.1. The maximum Gasteiger partial charge on any atom is 2.00 e. The van der Waals surface area contributed by atoms with Crippen molar-refractivity contribution < 1.29 is 78.6 Å². The van der Waals surface area contributed by atoms with Gasteiger partial charge < -0.3 is 68.9 Å². The minimum atomic E-state index is 0. The van der Waals surface area contributed by atoms with Crippen LogP contribution in [0.2, 0.25) is 0 Å². The third-order valence-electron chi connectivity index (χ3n) is 8.30. The average Bonchev–Trinajstić information content (AvgIpc) is 3.19. The van der Waals surface area contributed by atoms with E-state index in [9.17, 15) is 10.8 Å². The average molecular weight is 896 g/mol. The molecule has 0 bridgehead atoms. The molecule has 6 aromatic rings. The molecule has 0 aliphatic carbocycles. The molecule has 6 aromatic carbocycles. The van der Waals surface area contributed by atoms with Gasteiger partial charge in [0.2, 0.25) is 22.3 Å². The van der Waals surface area contributed by atoms with Crippen LogP contribution in [0.25, 0.3) is 9.95 Å². The fourth-order valence-corrected chi connectivity index (χ4v) is 5.80. The van der Waals surface area contributed by atoms with Gasteiger partial charge in [-0.3, -0.25) is 0 Å². The zero-order chi connectivity index (χ0) is 36.4. The van der Waals surface area contributed by atoms with Gasteiger partial charge in [-0.1, -0.05) is 121 Å². The van der Waals surface area contributed by atoms with Gasteiger partial charge in [0.15, 0.2) is 9.95 Å². The van der Waals surface area contributed by atoms with Gasteiger partial charge in [0.1, 0.15) is 0 Å². The molecule has 0 aliphatic heterocycles. The van der Waals surface area contributed by atoms with Gasteiger partial charge in [-0.15, -0.1) is 0 Å². The molecule has 0 amide bonds. The Morgan fingerprint density at radius 1 is 0.421 bits per heavy atom. The Kier molecular flexibility index (Phi) is 26.1. The minimum absolute atomic E-state index is 0. The number of diazo groups is 2. The van der Waals surface area contributed by atoms with E-state index in [0.29, 0.717) is 36.1 Å². The molecule has 13 heteroatoms. The van der Waals surface area contributed by atoms with Gasteiger partial charge in [-0.2, -0.15) is 0 Å². The standard InChI is InChI=1S/2C22H22N3O.4ClH.Zn/c2*1-2-26-22-15-20(13-14-21(22)24-23)25(16-18-9-5-3-6-10-18)17-19-11-7-4-8-12-19;;;;;/h2*3-15H,2,16-17H2,1H3;4*1H;/q2*+1;;;;;+2/p-4. The van der Waals surface area contributed by atoms with Crippen LogP contribution in [0.4, 0.5) is 22.7 Å². The van der Waals surface area contributed by atoms with Gasteiger partial charge in [0, 0.05) is 61.8 Å². The van der Waals surface area contributed by atoms with Crippen LogP contribution in [-0.2, 0) is 45.7 Å². The second-order valence-electron chi connectivity index (χ2n) is 12.0. The van der Waals surface area contributed by atoms with Crippen molar-refractivity contribution in [2.24, 2.45) is 0 Å². The molecule has 0 atom stereocenters. The first-order valence-electron chi connectivity index (χ1n) is 17.5. The fourth-order valence-electron chi connectivity index (χ4n) is 5.80. The maximum absolute atomic E-state index is 9.18. The Labute approximate surface area is 374 Å². The maximum atomic E-state index is 9.18. The first-order chi connectivity index (χ1) is 25.6. The van der Waals surface area contributed by atoms with E-state index in [1.54, 1.807) is 12.1 Å². The van der Waals surface area contributed by atoms with Crippen LogP contribution in [-0.4, -0.2) is 13.2 Å². The summed E-state index contributed by atoms with van der Waals surface area (Å²) in [5, 5.41) is 18.4. The molecule has 6 rings (SSSR count). The largest absolute Gasteiger partial charge is 2.00 e. The first-order valence-corrected chi connectivity index (χ1v) is 17.5. The fraction of sp³-hybridized carbons (Fsp3) is 0.182. The number of rotatable bonds is 14. The van der Waals surface area contributed by atoms with Crippen LogP contribution in [0.5, 0.6) is 11.5 Å². The summed E-state index contributed by atoms with van der Waals surface area (Å²) in [6.45, 7) is 7.97. The molecule has 292 valence electrons. The van der Waals surface area contributed by atoms with Crippen molar-refractivity contribution in [3.05, 3.63) is 190 Å². The van der Waals surface area contributed by atoms with Crippen molar-refractivity contribution in [2.45, 2.75) is 40.0 Å². The molecule has 0 aliphatic rings. The zero-order valence-electron chi connectivity index (χ0n) is 32.0. The van der Waals surface area contributed by atoms with E-state index in [2.05, 4.69) is 117 Å². The summed E-state index contributed by atoms with van der Waals surface area (Å²) in [6, 6.07) is 52.8. The van der Waals surface area contributed by atoms with Crippen LogP contribution in [0.3, 0.4) is 0 Å². The van der Waals surface area contributed by atoms with Crippen molar-refractivity contribution in [1.82, 2.24) is 0 Å².